The quantitative estimate of drug-likeness (QED) is 0.691. The molecule has 0 saturated carbocycles. The van der Waals surface area contributed by atoms with Gasteiger partial charge in [-0.3, -0.25) is 9.98 Å². The van der Waals surface area contributed by atoms with E-state index in [4.69, 9.17) is 4.74 Å². The first kappa shape index (κ1) is 18.7. The van der Waals surface area contributed by atoms with Crippen LogP contribution in [0.4, 0.5) is 4.39 Å². The van der Waals surface area contributed by atoms with Crippen molar-refractivity contribution in [1.82, 2.24) is 20.2 Å². The standard InChI is InChI=1S/C23H24FN5O/c1-23(2)14-30-20-13-27-21(16-9-17(24)12-25-10-16)29(22(20)28-23)8-7-15-11-26-19-6-4-3-5-18(15)19/h3-6,9-13,21,26,28H,7-8,14H2,1-2H3. The van der Waals surface area contributed by atoms with E-state index in [2.05, 4.69) is 57.4 Å². The predicted molar refractivity (Wildman–Crippen MR) is 114 cm³/mol. The van der Waals surface area contributed by atoms with Gasteiger partial charge < -0.3 is 19.9 Å². The lowest BCUT2D eigenvalue weighted by Crippen LogP contribution is -2.53. The number of hydrogen-bond acceptors (Lipinski definition) is 5. The molecule has 1 atom stereocenters. The smallest absolute Gasteiger partial charge is 0.177 e. The van der Waals surface area contributed by atoms with Gasteiger partial charge in [0, 0.05) is 35.4 Å². The number of aliphatic imine (C=N–C) groups is 1. The number of rotatable bonds is 4. The van der Waals surface area contributed by atoms with E-state index in [0.29, 0.717) is 24.5 Å². The molecule has 2 aliphatic rings. The number of pyridine rings is 1. The Morgan fingerprint density at radius 3 is 3.00 bits per heavy atom. The fraction of sp³-hybridized carbons (Fsp3) is 0.304. The highest BCUT2D eigenvalue weighted by atomic mass is 19.1. The number of aromatic nitrogens is 2. The van der Waals surface area contributed by atoms with Crippen molar-refractivity contribution in [2.45, 2.75) is 32.0 Å². The molecule has 4 heterocycles. The lowest BCUT2D eigenvalue weighted by atomic mass is 10.0. The molecular weight excluding hydrogens is 381 g/mol. The topological polar surface area (TPSA) is 65.5 Å². The molecule has 0 aliphatic carbocycles. The van der Waals surface area contributed by atoms with Crippen molar-refractivity contribution < 1.29 is 9.13 Å². The molecule has 5 rings (SSSR count). The van der Waals surface area contributed by atoms with E-state index >= 15 is 0 Å². The first-order chi connectivity index (χ1) is 14.5. The second-order valence-corrected chi connectivity index (χ2v) is 8.40. The molecule has 1 unspecified atom stereocenters. The fourth-order valence-electron chi connectivity index (χ4n) is 4.05. The lowest BCUT2D eigenvalue weighted by Gasteiger charge is -2.43. The van der Waals surface area contributed by atoms with E-state index in [1.807, 2.05) is 12.1 Å². The van der Waals surface area contributed by atoms with Crippen LogP contribution >= 0.6 is 0 Å². The van der Waals surface area contributed by atoms with Gasteiger partial charge >= 0.3 is 0 Å². The number of H-pyrrole nitrogens is 1. The highest BCUT2D eigenvalue weighted by Crippen LogP contribution is 2.33. The van der Waals surface area contributed by atoms with Crippen molar-refractivity contribution >= 4 is 17.1 Å². The fourth-order valence-corrected chi connectivity index (χ4v) is 4.05. The van der Waals surface area contributed by atoms with Gasteiger partial charge in [0.05, 0.1) is 18.0 Å². The van der Waals surface area contributed by atoms with Crippen LogP contribution in [0.5, 0.6) is 0 Å². The number of nitrogens with zero attached hydrogens (tertiary/aromatic N) is 3. The minimum absolute atomic E-state index is 0.215. The number of benzene rings is 1. The van der Waals surface area contributed by atoms with Crippen molar-refractivity contribution in [3.8, 4) is 0 Å². The Hall–Kier alpha value is -3.35. The molecule has 0 radical (unpaired) electrons. The summed E-state index contributed by atoms with van der Waals surface area (Å²) >= 11 is 0. The van der Waals surface area contributed by atoms with E-state index < -0.39 is 0 Å². The van der Waals surface area contributed by atoms with Crippen molar-refractivity contribution in [2.75, 3.05) is 13.2 Å². The molecule has 154 valence electrons. The summed E-state index contributed by atoms with van der Waals surface area (Å²) in [5.41, 5.74) is 2.85. The van der Waals surface area contributed by atoms with Crippen LogP contribution in [-0.4, -0.2) is 39.8 Å². The molecular formula is C23H24FN5O. The summed E-state index contributed by atoms with van der Waals surface area (Å²) in [7, 11) is 0. The van der Waals surface area contributed by atoms with Crippen LogP contribution in [0.25, 0.3) is 10.9 Å². The van der Waals surface area contributed by atoms with Gasteiger partial charge in [0.15, 0.2) is 5.76 Å². The molecule has 7 heteroatoms. The zero-order chi connectivity index (χ0) is 20.7. The molecule has 30 heavy (non-hydrogen) atoms. The molecule has 6 nitrogen and oxygen atoms in total. The Morgan fingerprint density at radius 1 is 1.27 bits per heavy atom. The monoisotopic (exact) mass is 405 g/mol. The molecule has 2 N–H and O–H groups in total. The number of para-hydroxylation sites is 1. The summed E-state index contributed by atoms with van der Waals surface area (Å²) in [6.45, 7) is 5.43. The minimum atomic E-state index is -0.373. The normalized spacial score (nSPS) is 20.1. The number of hydrogen-bond donors (Lipinski definition) is 2. The third-order valence-electron chi connectivity index (χ3n) is 5.52. The van der Waals surface area contributed by atoms with Gasteiger partial charge in [0.1, 0.15) is 24.4 Å². The van der Waals surface area contributed by atoms with Crippen molar-refractivity contribution in [1.29, 1.82) is 0 Å². The first-order valence-electron chi connectivity index (χ1n) is 10.1. The van der Waals surface area contributed by atoms with Crippen LogP contribution in [0, 0.1) is 5.82 Å². The summed E-state index contributed by atoms with van der Waals surface area (Å²) < 4.78 is 19.9. The van der Waals surface area contributed by atoms with E-state index in [-0.39, 0.29) is 17.5 Å². The number of nitrogens with one attached hydrogen (secondary N) is 2. The van der Waals surface area contributed by atoms with Crippen molar-refractivity contribution in [3.05, 3.63) is 77.4 Å². The molecule has 2 aliphatic heterocycles. The van der Waals surface area contributed by atoms with Crippen molar-refractivity contribution in [3.63, 3.8) is 0 Å². The highest BCUT2D eigenvalue weighted by molar-refractivity contribution is 5.83. The molecule has 1 aromatic carbocycles. The van der Waals surface area contributed by atoms with Crippen LogP contribution in [0.3, 0.4) is 0 Å². The maximum atomic E-state index is 13.9. The van der Waals surface area contributed by atoms with E-state index in [0.717, 1.165) is 17.8 Å². The van der Waals surface area contributed by atoms with Gasteiger partial charge in [-0.1, -0.05) is 18.2 Å². The van der Waals surface area contributed by atoms with Gasteiger partial charge in [-0.2, -0.15) is 0 Å². The largest absolute Gasteiger partial charge is 0.486 e. The van der Waals surface area contributed by atoms with E-state index in [1.165, 1.54) is 23.2 Å². The van der Waals surface area contributed by atoms with Gasteiger partial charge in [-0.05, 0) is 38.0 Å². The van der Waals surface area contributed by atoms with Crippen molar-refractivity contribution in [2.24, 2.45) is 4.99 Å². The SMILES string of the molecule is CC1(C)COC2=C(N1)N(CCc1c[nH]c3ccccc13)C(c1cncc(F)c1)N=C2. The molecule has 0 spiro atoms. The van der Waals surface area contributed by atoms with Gasteiger partial charge in [-0.15, -0.1) is 0 Å². The summed E-state index contributed by atoms with van der Waals surface area (Å²) in [6, 6.07) is 9.77. The molecule has 0 saturated heterocycles. The Labute approximate surface area is 174 Å². The van der Waals surface area contributed by atoms with Gasteiger partial charge in [-0.25, -0.2) is 4.39 Å². The number of aromatic amines is 1. The molecule has 0 fully saturated rings. The van der Waals surface area contributed by atoms with Crippen LogP contribution in [-0.2, 0) is 11.2 Å². The third kappa shape index (κ3) is 3.40. The highest BCUT2D eigenvalue weighted by Gasteiger charge is 2.35. The Bertz CT molecular complexity index is 1150. The predicted octanol–water partition coefficient (Wildman–Crippen LogP) is 3.90. The van der Waals surface area contributed by atoms with Crippen LogP contribution in [0.2, 0.25) is 0 Å². The molecule has 3 aromatic rings. The van der Waals surface area contributed by atoms with Crippen LogP contribution in [0.1, 0.15) is 31.1 Å². The van der Waals surface area contributed by atoms with Gasteiger partial charge in [0.2, 0.25) is 0 Å². The lowest BCUT2D eigenvalue weighted by molar-refractivity contribution is 0.0896. The third-order valence-corrected chi connectivity index (χ3v) is 5.52. The average molecular weight is 405 g/mol. The maximum absolute atomic E-state index is 13.9. The van der Waals surface area contributed by atoms with Gasteiger partial charge in [0.25, 0.3) is 0 Å². The Kier molecular flexibility index (Phi) is 4.46. The molecule has 0 bridgehead atoms. The Balaban J connectivity index is 1.49. The van der Waals surface area contributed by atoms with Crippen LogP contribution in [0.15, 0.2) is 65.5 Å². The summed E-state index contributed by atoms with van der Waals surface area (Å²) in [6.07, 6.45) is 7.10. The zero-order valence-electron chi connectivity index (χ0n) is 17.0. The Morgan fingerprint density at radius 2 is 2.13 bits per heavy atom. The average Bonchev–Trinajstić information content (AvgIpc) is 3.14. The van der Waals surface area contributed by atoms with Crippen LogP contribution < -0.4 is 5.32 Å². The van der Waals surface area contributed by atoms with E-state index in [1.54, 1.807) is 12.4 Å². The maximum Gasteiger partial charge on any atom is 0.177 e. The minimum Gasteiger partial charge on any atom is -0.486 e. The second-order valence-electron chi connectivity index (χ2n) is 8.40. The number of fused-ring (bicyclic) bond motifs is 1. The summed E-state index contributed by atoms with van der Waals surface area (Å²) in [5, 5.41) is 4.81. The number of ether oxygens (including phenoxy) is 1. The first-order valence-corrected chi connectivity index (χ1v) is 10.1. The number of halogens is 1. The molecule has 2 aromatic heterocycles. The zero-order valence-corrected chi connectivity index (χ0v) is 17.0. The van der Waals surface area contributed by atoms with E-state index in [9.17, 15) is 4.39 Å². The molecule has 0 amide bonds. The summed E-state index contributed by atoms with van der Waals surface area (Å²) in [5.74, 6) is 1.23. The second kappa shape index (κ2) is 7.16. The summed E-state index contributed by atoms with van der Waals surface area (Å²) in [4.78, 5) is 14.2. The number of allylic oxidation sites excluding steroid dienone is 1.